The third-order valence-electron chi connectivity index (χ3n) is 0.216. The van der Waals surface area contributed by atoms with E-state index in [2.05, 4.69) is 0 Å². The molecular weight excluding hydrogens is 120 g/mol. The molecule has 0 aromatic rings. The van der Waals surface area contributed by atoms with Gasteiger partial charge in [0.2, 0.25) is 0 Å². The van der Waals surface area contributed by atoms with Gasteiger partial charge in [-0.15, -0.1) is 0 Å². The lowest BCUT2D eigenvalue weighted by Crippen LogP contribution is -1.95. The SMILES string of the molecule is O=C(O)[CH][SH](=O)=O. The second-order valence-corrected chi connectivity index (χ2v) is 1.58. The highest BCUT2D eigenvalue weighted by Gasteiger charge is 1.95. The van der Waals surface area contributed by atoms with Gasteiger partial charge in [0.05, 0.1) is 0 Å². The number of carbonyl (C=O) groups is 1. The van der Waals surface area contributed by atoms with Gasteiger partial charge in [-0.1, -0.05) is 0 Å². The molecule has 0 heterocycles. The molecule has 0 aliphatic carbocycles. The molecule has 4 nitrogen and oxygen atoms in total. The molecule has 0 aliphatic rings. The summed E-state index contributed by atoms with van der Waals surface area (Å²) in [5.74, 6) is -1.23. The smallest absolute Gasteiger partial charge is 0.323 e. The summed E-state index contributed by atoms with van der Waals surface area (Å²) in [4.78, 5) is 9.37. The van der Waals surface area contributed by atoms with Crippen LogP contribution >= 0.6 is 0 Å². The molecule has 5 heteroatoms. The molecule has 0 rings (SSSR count). The van der Waals surface area contributed by atoms with Crippen molar-refractivity contribution in [3.63, 3.8) is 0 Å². The first-order valence-corrected chi connectivity index (χ1v) is 2.59. The van der Waals surface area contributed by atoms with Crippen molar-refractivity contribution < 1.29 is 18.3 Å². The summed E-state index contributed by atoms with van der Waals surface area (Å²) in [5, 5.41) is 7.64. The first kappa shape index (κ1) is 6.42. The fourth-order valence-electron chi connectivity index (χ4n) is 0.0902. The summed E-state index contributed by atoms with van der Waals surface area (Å²) in [5.41, 5.74) is 0. The lowest BCUT2D eigenvalue weighted by Gasteiger charge is -1.73. The highest BCUT2D eigenvalue weighted by molar-refractivity contribution is 7.75. The quantitative estimate of drug-likeness (QED) is 0.454. The molecule has 0 aliphatic heterocycles. The number of hydrogen-bond donors (Lipinski definition) is 2. The monoisotopic (exact) mass is 123 g/mol. The Bertz CT molecular complexity index is 127. The van der Waals surface area contributed by atoms with Gasteiger partial charge in [-0.3, -0.25) is 4.79 Å². The van der Waals surface area contributed by atoms with Crippen LogP contribution < -0.4 is 0 Å². The zero-order valence-corrected chi connectivity index (χ0v) is 4.09. The van der Waals surface area contributed by atoms with Crippen LogP contribution in [0.4, 0.5) is 0 Å². The molecule has 0 aromatic carbocycles. The van der Waals surface area contributed by atoms with Crippen molar-refractivity contribution in [2.45, 2.75) is 0 Å². The van der Waals surface area contributed by atoms with Crippen molar-refractivity contribution in [2.24, 2.45) is 0 Å². The lowest BCUT2D eigenvalue weighted by molar-refractivity contribution is -0.132. The Labute approximate surface area is 41.7 Å². The standard InChI is InChI=1S/C2H3O4S/c3-2(4)1-7(5)6/h1,7H,(H,3,4). The largest absolute Gasteiger partial charge is 0.480 e. The molecule has 0 aromatic heterocycles. The zero-order valence-electron chi connectivity index (χ0n) is 3.20. The maximum atomic E-state index is 9.41. The van der Waals surface area contributed by atoms with E-state index >= 15 is 0 Å². The topological polar surface area (TPSA) is 71.4 Å². The molecule has 0 amide bonds. The van der Waals surface area contributed by atoms with Gasteiger partial charge in [-0.25, -0.2) is 8.42 Å². The van der Waals surface area contributed by atoms with E-state index in [1.54, 1.807) is 0 Å². The molecular formula is C2H3O4S. The van der Waals surface area contributed by atoms with Crippen molar-refractivity contribution in [3.05, 3.63) is 5.75 Å². The van der Waals surface area contributed by atoms with Crippen LogP contribution in [0, 0.1) is 5.75 Å². The minimum Gasteiger partial charge on any atom is -0.480 e. The Morgan fingerprint density at radius 1 is 1.57 bits per heavy atom. The first-order chi connectivity index (χ1) is 3.13. The van der Waals surface area contributed by atoms with Gasteiger partial charge in [0.15, 0.2) is 16.5 Å². The Hall–Kier alpha value is -0.580. The number of aliphatic carboxylic acids is 1. The molecule has 41 valence electrons. The minimum absolute atomic E-state index is 0.204. The van der Waals surface area contributed by atoms with E-state index < -0.39 is 16.7 Å². The minimum atomic E-state index is -2.86. The Kier molecular flexibility index (Phi) is 2.36. The van der Waals surface area contributed by atoms with E-state index in [9.17, 15) is 13.2 Å². The third-order valence-corrected chi connectivity index (χ3v) is 0.648. The summed E-state index contributed by atoms with van der Waals surface area (Å²) >= 11 is 0. The lowest BCUT2D eigenvalue weighted by atomic mass is 10.8. The van der Waals surface area contributed by atoms with E-state index in [1.807, 2.05) is 0 Å². The van der Waals surface area contributed by atoms with Gasteiger partial charge >= 0.3 is 5.97 Å². The summed E-state index contributed by atoms with van der Waals surface area (Å²) in [7, 11) is -2.86. The predicted octanol–water partition coefficient (Wildman–Crippen LogP) is -1.16. The van der Waals surface area contributed by atoms with Gasteiger partial charge in [0.25, 0.3) is 0 Å². The molecule has 0 saturated heterocycles. The van der Waals surface area contributed by atoms with Gasteiger partial charge in [-0.05, 0) is 0 Å². The predicted molar refractivity (Wildman–Crippen MR) is 22.3 cm³/mol. The van der Waals surface area contributed by atoms with Crippen LogP contribution in [0.2, 0.25) is 0 Å². The number of hydrogen-bond acceptors (Lipinski definition) is 3. The zero-order chi connectivity index (χ0) is 5.86. The molecule has 0 fully saturated rings. The van der Waals surface area contributed by atoms with Crippen LogP contribution in [0.5, 0.6) is 0 Å². The molecule has 0 spiro atoms. The van der Waals surface area contributed by atoms with E-state index in [-0.39, 0.29) is 5.75 Å². The van der Waals surface area contributed by atoms with Gasteiger partial charge in [-0.2, -0.15) is 0 Å². The average Bonchev–Trinajstić information content (AvgIpc) is 1.27. The molecule has 7 heavy (non-hydrogen) atoms. The van der Waals surface area contributed by atoms with Crippen LogP contribution in [-0.4, -0.2) is 19.5 Å². The van der Waals surface area contributed by atoms with E-state index in [0.29, 0.717) is 0 Å². The first-order valence-electron chi connectivity index (χ1n) is 1.34. The second-order valence-electron chi connectivity index (χ2n) is 0.753. The maximum absolute atomic E-state index is 9.41. The molecule has 0 atom stereocenters. The van der Waals surface area contributed by atoms with Crippen molar-refractivity contribution >= 4 is 16.7 Å². The third kappa shape index (κ3) is 5.42. The Morgan fingerprint density at radius 2 is 2.00 bits per heavy atom. The second kappa shape index (κ2) is 2.57. The number of carboxylic acids is 1. The summed E-state index contributed by atoms with van der Waals surface area (Å²) in [6, 6.07) is 0. The summed E-state index contributed by atoms with van der Waals surface area (Å²) in [6.07, 6.45) is 0. The normalized spacial score (nSPS) is 9.29. The summed E-state index contributed by atoms with van der Waals surface area (Å²) in [6.45, 7) is 0. The maximum Gasteiger partial charge on any atom is 0.323 e. The van der Waals surface area contributed by atoms with Crippen molar-refractivity contribution in [3.8, 4) is 0 Å². The van der Waals surface area contributed by atoms with Gasteiger partial charge < -0.3 is 5.11 Å². The number of rotatable bonds is 2. The molecule has 0 unspecified atom stereocenters. The van der Waals surface area contributed by atoms with E-state index in [4.69, 9.17) is 5.11 Å². The molecule has 0 bridgehead atoms. The van der Waals surface area contributed by atoms with E-state index in [0.717, 1.165) is 0 Å². The summed E-state index contributed by atoms with van der Waals surface area (Å²) < 4.78 is 18.8. The molecule has 0 saturated carbocycles. The van der Waals surface area contributed by atoms with Crippen LogP contribution in [0.25, 0.3) is 0 Å². The Morgan fingerprint density at radius 3 is 2.00 bits per heavy atom. The van der Waals surface area contributed by atoms with Crippen LogP contribution in [-0.2, 0) is 15.5 Å². The van der Waals surface area contributed by atoms with Gasteiger partial charge in [0, 0.05) is 0 Å². The van der Waals surface area contributed by atoms with Crippen molar-refractivity contribution in [2.75, 3.05) is 0 Å². The van der Waals surface area contributed by atoms with Crippen molar-refractivity contribution in [1.82, 2.24) is 0 Å². The number of carboxylic acid groups (broad SMARTS) is 1. The van der Waals surface area contributed by atoms with Gasteiger partial charge in [0.1, 0.15) is 0 Å². The average molecular weight is 123 g/mol. The number of thiol groups is 1. The van der Waals surface area contributed by atoms with E-state index in [1.165, 1.54) is 0 Å². The molecule has 1 N–H and O–H groups in total. The van der Waals surface area contributed by atoms with Crippen LogP contribution in [0.3, 0.4) is 0 Å². The molecule has 1 radical (unpaired) electrons. The fraction of sp³-hybridized carbons (Fsp3) is 0. The highest BCUT2D eigenvalue weighted by atomic mass is 32.2. The van der Waals surface area contributed by atoms with Crippen LogP contribution in [0.15, 0.2) is 0 Å². The van der Waals surface area contributed by atoms with Crippen LogP contribution in [0.1, 0.15) is 0 Å². The Balaban J connectivity index is 3.53. The van der Waals surface area contributed by atoms with Crippen molar-refractivity contribution in [1.29, 1.82) is 0 Å². The highest BCUT2D eigenvalue weighted by Crippen LogP contribution is 1.72. The fourth-order valence-corrected chi connectivity index (χ4v) is 0.271.